The van der Waals surface area contributed by atoms with Crippen LogP contribution in [0.15, 0.2) is 28.7 Å². The van der Waals surface area contributed by atoms with Crippen molar-refractivity contribution in [1.29, 1.82) is 0 Å². The third kappa shape index (κ3) is 3.98. The molecule has 17 heavy (non-hydrogen) atoms. The molecule has 1 saturated heterocycles. The minimum Gasteiger partial charge on any atom is -0.494 e. The highest BCUT2D eigenvalue weighted by molar-refractivity contribution is 9.10. The largest absolute Gasteiger partial charge is 0.494 e. The van der Waals surface area contributed by atoms with Gasteiger partial charge in [0.15, 0.2) is 0 Å². The third-order valence-electron chi connectivity index (χ3n) is 3.09. The summed E-state index contributed by atoms with van der Waals surface area (Å²) in [5, 5.41) is 0. The van der Waals surface area contributed by atoms with Gasteiger partial charge >= 0.3 is 0 Å². The van der Waals surface area contributed by atoms with Gasteiger partial charge in [-0.3, -0.25) is 0 Å². The van der Waals surface area contributed by atoms with Gasteiger partial charge in [-0.2, -0.15) is 0 Å². The number of hydrogen-bond acceptors (Lipinski definition) is 3. The van der Waals surface area contributed by atoms with Crippen LogP contribution in [0.1, 0.15) is 12.8 Å². The van der Waals surface area contributed by atoms with E-state index in [-0.39, 0.29) is 6.04 Å². The Hall–Kier alpha value is -0.580. The Kier molecular flexibility index (Phi) is 4.83. The number of ether oxygens (including phenoxy) is 2. The maximum absolute atomic E-state index is 6.04. The molecule has 1 aliphatic heterocycles. The molecule has 2 rings (SSSR count). The summed E-state index contributed by atoms with van der Waals surface area (Å²) in [4.78, 5) is 0. The van der Waals surface area contributed by atoms with Crippen LogP contribution in [-0.2, 0) is 4.74 Å². The molecule has 1 aliphatic rings. The van der Waals surface area contributed by atoms with Crippen LogP contribution in [0.3, 0.4) is 0 Å². The quantitative estimate of drug-likeness (QED) is 0.929. The van der Waals surface area contributed by atoms with Gasteiger partial charge in [0.05, 0.1) is 13.2 Å². The number of hydrogen-bond donors (Lipinski definition) is 1. The van der Waals surface area contributed by atoms with Gasteiger partial charge in [-0.25, -0.2) is 0 Å². The van der Waals surface area contributed by atoms with Gasteiger partial charge in [0.2, 0.25) is 0 Å². The van der Waals surface area contributed by atoms with Crippen molar-refractivity contribution in [1.82, 2.24) is 0 Å². The smallest absolute Gasteiger partial charge is 0.120 e. The molecule has 0 aromatic heterocycles. The first-order chi connectivity index (χ1) is 8.25. The zero-order valence-corrected chi connectivity index (χ0v) is 11.4. The molecule has 3 nitrogen and oxygen atoms in total. The molecule has 2 N–H and O–H groups in total. The van der Waals surface area contributed by atoms with Crippen LogP contribution >= 0.6 is 15.9 Å². The molecule has 0 aliphatic carbocycles. The zero-order valence-electron chi connectivity index (χ0n) is 9.77. The van der Waals surface area contributed by atoms with Crippen LogP contribution in [-0.4, -0.2) is 25.9 Å². The summed E-state index contributed by atoms with van der Waals surface area (Å²) in [6.07, 6.45) is 1.91. The van der Waals surface area contributed by atoms with E-state index in [2.05, 4.69) is 15.9 Å². The number of halogens is 1. The predicted molar refractivity (Wildman–Crippen MR) is 71.2 cm³/mol. The molecule has 2 unspecified atom stereocenters. The molecule has 0 radical (unpaired) electrons. The van der Waals surface area contributed by atoms with Crippen molar-refractivity contribution >= 4 is 15.9 Å². The van der Waals surface area contributed by atoms with Crippen LogP contribution in [0.2, 0.25) is 0 Å². The minimum absolute atomic E-state index is 0.259. The fourth-order valence-electron chi connectivity index (χ4n) is 2.00. The van der Waals surface area contributed by atoms with Crippen LogP contribution in [0.5, 0.6) is 5.75 Å². The molecule has 0 amide bonds. The molecule has 2 atom stereocenters. The normalized spacial score (nSPS) is 24.6. The molecule has 1 fully saturated rings. The van der Waals surface area contributed by atoms with Gasteiger partial charge in [-0.05, 0) is 31.0 Å². The minimum atomic E-state index is 0.259. The van der Waals surface area contributed by atoms with E-state index in [1.54, 1.807) is 0 Å². The summed E-state index contributed by atoms with van der Waals surface area (Å²) in [5.74, 6) is 1.32. The fourth-order valence-corrected chi connectivity index (χ4v) is 2.37. The molecule has 1 heterocycles. The Balaban J connectivity index is 1.75. The first-order valence-corrected chi connectivity index (χ1v) is 6.76. The highest BCUT2D eigenvalue weighted by atomic mass is 79.9. The fraction of sp³-hybridized carbons (Fsp3) is 0.538. The first kappa shape index (κ1) is 12.9. The number of benzene rings is 1. The Morgan fingerprint density at radius 1 is 1.47 bits per heavy atom. The summed E-state index contributed by atoms with van der Waals surface area (Å²) in [5.41, 5.74) is 6.04. The standard InChI is InChI=1S/C13H18BrNO2/c14-11-2-1-3-12(8-11)17-7-4-10-9-16-6-5-13(10)15/h1-3,8,10,13H,4-7,9,15H2. The van der Waals surface area contributed by atoms with Gasteiger partial charge in [0.25, 0.3) is 0 Å². The molecule has 1 aromatic rings. The van der Waals surface area contributed by atoms with Gasteiger partial charge in [-0.1, -0.05) is 22.0 Å². The van der Waals surface area contributed by atoms with E-state index < -0.39 is 0 Å². The average Bonchev–Trinajstić information content (AvgIpc) is 2.32. The van der Waals surface area contributed by atoms with E-state index >= 15 is 0 Å². The molecule has 94 valence electrons. The van der Waals surface area contributed by atoms with Gasteiger partial charge in [0, 0.05) is 23.0 Å². The van der Waals surface area contributed by atoms with Crippen molar-refractivity contribution in [3.8, 4) is 5.75 Å². The van der Waals surface area contributed by atoms with E-state index in [0.717, 1.165) is 36.3 Å². The SMILES string of the molecule is NC1CCOCC1CCOc1cccc(Br)c1. The van der Waals surface area contributed by atoms with Crippen LogP contribution in [0, 0.1) is 5.92 Å². The van der Waals surface area contributed by atoms with Crippen molar-refractivity contribution in [3.05, 3.63) is 28.7 Å². The van der Waals surface area contributed by atoms with Gasteiger partial charge in [-0.15, -0.1) is 0 Å². The Morgan fingerprint density at radius 2 is 2.35 bits per heavy atom. The second kappa shape index (κ2) is 6.38. The van der Waals surface area contributed by atoms with E-state index in [1.807, 2.05) is 24.3 Å². The lowest BCUT2D eigenvalue weighted by Crippen LogP contribution is -2.39. The lowest BCUT2D eigenvalue weighted by molar-refractivity contribution is 0.0335. The molecular formula is C13H18BrNO2. The predicted octanol–water partition coefficient (Wildman–Crippen LogP) is 2.58. The summed E-state index contributed by atoms with van der Waals surface area (Å²) in [6, 6.07) is 8.14. The lowest BCUT2D eigenvalue weighted by atomic mass is 9.94. The summed E-state index contributed by atoms with van der Waals surface area (Å²) >= 11 is 3.42. The number of rotatable bonds is 4. The second-order valence-electron chi connectivity index (χ2n) is 4.38. The number of nitrogens with two attached hydrogens (primary N) is 1. The average molecular weight is 300 g/mol. The van der Waals surface area contributed by atoms with E-state index in [9.17, 15) is 0 Å². The first-order valence-electron chi connectivity index (χ1n) is 5.97. The topological polar surface area (TPSA) is 44.5 Å². The van der Waals surface area contributed by atoms with E-state index in [1.165, 1.54) is 0 Å². The highest BCUT2D eigenvalue weighted by Crippen LogP contribution is 2.20. The highest BCUT2D eigenvalue weighted by Gasteiger charge is 2.22. The van der Waals surface area contributed by atoms with Crippen molar-refractivity contribution < 1.29 is 9.47 Å². The Morgan fingerprint density at radius 3 is 3.12 bits per heavy atom. The molecule has 1 aromatic carbocycles. The van der Waals surface area contributed by atoms with Crippen LogP contribution < -0.4 is 10.5 Å². The molecule has 4 heteroatoms. The van der Waals surface area contributed by atoms with Gasteiger partial charge < -0.3 is 15.2 Å². The Labute approximate surface area is 110 Å². The summed E-state index contributed by atoms with van der Waals surface area (Å²) in [6.45, 7) is 2.26. The van der Waals surface area contributed by atoms with Crippen LogP contribution in [0.4, 0.5) is 0 Å². The molecular weight excluding hydrogens is 282 g/mol. The molecule has 0 saturated carbocycles. The van der Waals surface area contributed by atoms with Crippen molar-refractivity contribution in [2.45, 2.75) is 18.9 Å². The maximum Gasteiger partial charge on any atom is 0.120 e. The summed E-state index contributed by atoms with van der Waals surface area (Å²) < 4.78 is 12.2. The van der Waals surface area contributed by atoms with E-state index in [4.69, 9.17) is 15.2 Å². The summed E-state index contributed by atoms with van der Waals surface area (Å²) in [7, 11) is 0. The monoisotopic (exact) mass is 299 g/mol. The van der Waals surface area contributed by atoms with Crippen molar-refractivity contribution in [2.75, 3.05) is 19.8 Å². The van der Waals surface area contributed by atoms with Crippen molar-refractivity contribution in [3.63, 3.8) is 0 Å². The molecule has 0 bridgehead atoms. The van der Waals surface area contributed by atoms with Crippen molar-refractivity contribution in [2.24, 2.45) is 11.7 Å². The Bertz CT molecular complexity index is 359. The maximum atomic E-state index is 6.04. The molecule has 0 spiro atoms. The van der Waals surface area contributed by atoms with Gasteiger partial charge in [0.1, 0.15) is 5.75 Å². The zero-order chi connectivity index (χ0) is 12.1. The lowest BCUT2D eigenvalue weighted by Gasteiger charge is -2.28. The second-order valence-corrected chi connectivity index (χ2v) is 5.30. The van der Waals surface area contributed by atoms with Crippen LogP contribution in [0.25, 0.3) is 0 Å². The third-order valence-corrected chi connectivity index (χ3v) is 3.58. The van der Waals surface area contributed by atoms with E-state index in [0.29, 0.717) is 12.5 Å².